The molecule has 0 saturated heterocycles. The van der Waals surface area contributed by atoms with Crippen molar-refractivity contribution in [1.82, 2.24) is 14.5 Å². The zero-order valence-corrected chi connectivity index (χ0v) is 17.2. The Bertz CT molecular complexity index is 1610. The van der Waals surface area contributed by atoms with Crippen molar-refractivity contribution in [2.24, 2.45) is 0 Å². The molecule has 0 aliphatic carbocycles. The predicted molar refractivity (Wildman–Crippen MR) is 124 cm³/mol. The van der Waals surface area contributed by atoms with Crippen LogP contribution in [0.4, 0.5) is 10.1 Å². The van der Waals surface area contributed by atoms with Gasteiger partial charge in [0.25, 0.3) is 5.69 Å². The maximum atomic E-state index is 13.5. The highest BCUT2D eigenvalue weighted by molar-refractivity contribution is 5.98. The van der Waals surface area contributed by atoms with Crippen LogP contribution in [0.15, 0.2) is 72.9 Å². The number of benzene rings is 3. The molecule has 0 amide bonds. The van der Waals surface area contributed by atoms with Gasteiger partial charge in [-0.3, -0.25) is 10.1 Å². The van der Waals surface area contributed by atoms with E-state index >= 15 is 0 Å². The number of rotatable bonds is 5. The van der Waals surface area contributed by atoms with Gasteiger partial charge < -0.3 is 9.55 Å². The van der Waals surface area contributed by atoms with Crippen LogP contribution >= 0.6 is 0 Å². The van der Waals surface area contributed by atoms with E-state index in [0.29, 0.717) is 29.0 Å². The molecule has 0 atom stereocenters. The van der Waals surface area contributed by atoms with Gasteiger partial charge in [-0.2, -0.15) is 5.26 Å². The molecule has 2 heterocycles. The average molecular weight is 437 g/mol. The Balaban J connectivity index is 1.58. The molecule has 0 aliphatic heterocycles. The molecule has 33 heavy (non-hydrogen) atoms. The third-order valence-electron chi connectivity index (χ3n) is 5.41. The summed E-state index contributed by atoms with van der Waals surface area (Å²) < 4.78 is 15.5. The Morgan fingerprint density at radius 2 is 2.03 bits per heavy atom. The molecule has 2 aromatic heterocycles. The summed E-state index contributed by atoms with van der Waals surface area (Å²) in [6, 6.07) is 20.7. The first-order valence-corrected chi connectivity index (χ1v) is 10.1. The predicted octanol–water partition coefficient (Wildman–Crippen LogP) is 5.68. The van der Waals surface area contributed by atoms with Crippen LogP contribution in [0, 0.1) is 27.3 Å². The van der Waals surface area contributed by atoms with Crippen molar-refractivity contribution >= 4 is 39.3 Å². The van der Waals surface area contributed by atoms with Crippen LogP contribution in [0.1, 0.15) is 17.0 Å². The molecule has 0 aliphatic rings. The fourth-order valence-electron chi connectivity index (χ4n) is 3.90. The van der Waals surface area contributed by atoms with Gasteiger partial charge in [0, 0.05) is 41.3 Å². The molecule has 5 aromatic rings. The molecular weight excluding hydrogens is 421 g/mol. The maximum absolute atomic E-state index is 13.5. The largest absolute Gasteiger partial charge is 0.342 e. The van der Waals surface area contributed by atoms with Gasteiger partial charge in [-0.05, 0) is 35.9 Å². The molecule has 160 valence electrons. The van der Waals surface area contributed by atoms with Crippen molar-refractivity contribution in [2.75, 3.05) is 0 Å². The first kappa shape index (κ1) is 20.2. The number of fused-ring (bicyclic) bond motifs is 2. The molecule has 0 radical (unpaired) electrons. The highest BCUT2D eigenvalue weighted by Gasteiger charge is 2.13. The lowest BCUT2D eigenvalue weighted by Crippen LogP contribution is -1.98. The summed E-state index contributed by atoms with van der Waals surface area (Å²) in [4.78, 5) is 18.1. The number of nitro benzene ring substituents is 1. The number of para-hydroxylation sites is 1. The third kappa shape index (κ3) is 3.83. The van der Waals surface area contributed by atoms with E-state index in [4.69, 9.17) is 0 Å². The standard InChI is InChI=1S/C25H16FN5O2/c26-19-8-9-22-23(12-19)29-25(28-22)17(13-27)11-18-15-30(24-7-2-1-6-21(18)24)14-16-4-3-5-20(10-16)31(32)33/h1-12,15H,14H2,(H,28,29)/b17-11-. The second-order valence-electron chi connectivity index (χ2n) is 7.57. The maximum Gasteiger partial charge on any atom is 0.269 e. The molecule has 0 bridgehead atoms. The van der Waals surface area contributed by atoms with Crippen molar-refractivity contribution < 1.29 is 9.31 Å². The van der Waals surface area contributed by atoms with Crippen molar-refractivity contribution in [3.05, 3.63) is 106 Å². The minimum absolute atomic E-state index is 0.0390. The molecule has 0 fully saturated rings. The van der Waals surface area contributed by atoms with E-state index in [2.05, 4.69) is 16.0 Å². The van der Waals surface area contributed by atoms with Crippen LogP contribution in [0.25, 0.3) is 33.6 Å². The molecule has 7 nitrogen and oxygen atoms in total. The number of allylic oxidation sites excluding steroid dienone is 1. The van der Waals surface area contributed by atoms with E-state index in [1.165, 1.54) is 18.2 Å². The van der Waals surface area contributed by atoms with Gasteiger partial charge in [0.2, 0.25) is 0 Å². The number of aromatic amines is 1. The van der Waals surface area contributed by atoms with Gasteiger partial charge in [-0.15, -0.1) is 0 Å². The fraction of sp³-hybridized carbons (Fsp3) is 0.0400. The zero-order valence-electron chi connectivity index (χ0n) is 17.2. The van der Waals surface area contributed by atoms with E-state index in [0.717, 1.165) is 22.0 Å². The molecular formula is C25H16FN5O2. The Morgan fingerprint density at radius 1 is 1.18 bits per heavy atom. The Hall–Kier alpha value is -4.77. The minimum atomic E-state index is -0.413. The topological polar surface area (TPSA) is 101 Å². The van der Waals surface area contributed by atoms with Gasteiger partial charge in [-0.25, -0.2) is 9.37 Å². The van der Waals surface area contributed by atoms with Crippen LogP contribution in [0.2, 0.25) is 0 Å². The SMILES string of the molecule is N#C/C(=C/c1cn(Cc2cccc([N+](=O)[O-])c2)c2ccccc12)c1nc2ccc(F)cc2[nH]1. The van der Waals surface area contributed by atoms with Gasteiger partial charge in [0.15, 0.2) is 0 Å². The Morgan fingerprint density at radius 3 is 2.85 bits per heavy atom. The quantitative estimate of drug-likeness (QED) is 0.217. The second-order valence-corrected chi connectivity index (χ2v) is 7.57. The van der Waals surface area contributed by atoms with Crippen molar-refractivity contribution in [1.29, 1.82) is 5.26 Å². The lowest BCUT2D eigenvalue weighted by molar-refractivity contribution is -0.384. The van der Waals surface area contributed by atoms with E-state index in [-0.39, 0.29) is 11.5 Å². The summed E-state index contributed by atoms with van der Waals surface area (Å²) in [7, 11) is 0. The summed E-state index contributed by atoms with van der Waals surface area (Å²) in [5.41, 5.74) is 3.96. The number of H-pyrrole nitrogens is 1. The van der Waals surface area contributed by atoms with Gasteiger partial charge in [0.05, 0.1) is 21.5 Å². The molecule has 5 rings (SSSR count). The van der Waals surface area contributed by atoms with E-state index < -0.39 is 4.92 Å². The van der Waals surface area contributed by atoms with Gasteiger partial charge in [0.1, 0.15) is 17.7 Å². The van der Waals surface area contributed by atoms with Gasteiger partial charge in [-0.1, -0.05) is 30.3 Å². The highest BCUT2D eigenvalue weighted by Crippen LogP contribution is 2.27. The van der Waals surface area contributed by atoms with Gasteiger partial charge >= 0.3 is 0 Å². The fourth-order valence-corrected chi connectivity index (χ4v) is 3.90. The molecule has 0 spiro atoms. The summed E-state index contributed by atoms with van der Waals surface area (Å²) in [6.07, 6.45) is 3.64. The second kappa shape index (κ2) is 8.05. The lowest BCUT2D eigenvalue weighted by atomic mass is 10.1. The Labute approximate surface area is 187 Å². The molecule has 8 heteroatoms. The van der Waals surface area contributed by atoms with Crippen molar-refractivity contribution in [3.63, 3.8) is 0 Å². The zero-order chi connectivity index (χ0) is 22.9. The number of nitro groups is 1. The molecule has 1 N–H and O–H groups in total. The number of aromatic nitrogens is 3. The minimum Gasteiger partial charge on any atom is -0.342 e. The molecule has 0 saturated carbocycles. The summed E-state index contributed by atoms with van der Waals surface area (Å²) in [5.74, 6) is -0.0296. The van der Waals surface area contributed by atoms with Crippen LogP contribution in [0.5, 0.6) is 0 Å². The van der Waals surface area contributed by atoms with E-state index in [1.807, 2.05) is 41.1 Å². The average Bonchev–Trinajstić information content (AvgIpc) is 3.38. The van der Waals surface area contributed by atoms with Crippen LogP contribution in [-0.2, 0) is 6.54 Å². The summed E-state index contributed by atoms with van der Waals surface area (Å²) >= 11 is 0. The number of hydrogen-bond acceptors (Lipinski definition) is 4. The molecule has 0 unspecified atom stereocenters. The number of hydrogen-bond donors (Lipinski definition) is 1. The van der Waals surface area contributed by atoms with Crippen molar-refractivity contribution in [2.45, 2.75) is 6.54 Å². The van der Waals surface area contributed by atoms with Crippen molar-refractivity contribution in [3.8, 4) is 6.07 Å². The lowest BCUT2D eigenvalue weighted by Gasteiger charge is -2.05. The van der Waals surface area contributed by atoms with E-state index in [1.54, 1.807) is 24.3 Å². The number of nitrogens with zero attached hydrogens (tertiary/aromatic N) is 4. The smallest absolute Gasteiger partial charge is 0.269 e. The van der Waals surface area contributed by atoms with Crippen LogP contribution < -0.4 is 0 Å². The third-order valence-corrected chi connectivity index (χ3v) is 5.41. The highest BCUT2D eigenvalue weighted by atomic mass is 19.1. The van der Waals surface area contributed by atoms with Crippen LogP contribution in [-0.4, -0.2) is 19.5 Å². The number of non-ortho nitro benzene ring substituents is 1. The first-order chi connectivity index (χ1) is 16.0. The number of halogens is 1. The Kier molecular flexibility index (Phi) is 4.92. The number of imidazole rings is 1. The number of nitriles is 1. The summed E-state index contributed by atoms with van der Waals surface area (Å²) in [5, 5.41) is 21.8. The normalized spacial score (nSPS) is 11.7. The van der Waals surface area contributed by atoms with Crippen LogP contribution in [0.3, 0.4) is 0 Å². The first-order valence-electron chi connectivity index (χ1n) is 10.1. The monoisotopic (exact) mass is 437 g/mol. The number of nitrogens with one attached hydrogen (secondary N) is 1. The summed E-state index contributed by atoms with van der Waals surface area (Å²) in [6.45, 7) is 0.432. The molecule has 3 aromatic carbocycles. The van der Waals surface area contributed by atoms with E-state index in [9.17, 15) is 19.8 Å².